The van der Waals surface area contributed by atoms with Crippen molar-refractivity contribution in [1.29, 1.82) is 0 Å². The minimum absolute atomic E-state index is 0.00655. The van der Waals surface area contributed by atoms with Crippen molar-refractivity contribution in [3.05, 3.63) is 0 Å². The number of carbonyl (C=O) groups is 13. The quantitative estimate of drug-likeness (QED) is 0.0226. The SMILES string of the molecule is CCCCCCCCCCCCCCCC(=O)N[C@@H](CCCN=C(N)N)C(=O)C[C@@H](CCC(=O)O)C(=O)N[C@H](C(=O)C[C@@H](CC(N)=O)C(=O)N[C@@H](C)C(=O)CCC(=O)N[C@@H](CCCN=C(N)N)C(=O)C[C@@H](CO)C(=O)N[C@@H](CC(=O)O)C(=O)C[C@H](C)[C@@H](C)O)[C@@H](C)O. The molecule has 92 heavy (non-hydrogen) atoms. The van der Waals surface area contributed by atoms with E-state index in [-0.39, 0.29) is 63.5 Å². The second-order valence-electron chi connectivity index (χ2n) is 24.0. The van der Waals surface area contributed by atoms with Gasteiger partial charge in [-0.2, -0.15) is 0 Å². The highest BCUT2D eigenvalue weighted by molar-refractivity contribution is 5.99. The zero-order valence-corrected chi connectivity index (χ0v) is 54.6. The first kappa shape index (κ1) is 84.5. The summed E-state index contributed by atoms with van der Waals surface area (Å²) in [5.74, 6) is -17.7. The Labute approximate surface area is 539 Å². The van der Waals surface area contributed by atoms with Crippen molar-refractivity contribution in [3.8, 4) is 0 Å². The normalized spacial score (nSPS) is 14.7. The highest BCUT2D eigenvalue weighted by Gasteiger charge is 2.36. The molecule has 0 aliphatic carbocycles. The molecule has 0 saturated carbocycles. The van der Waals surface area contributed by atoms with E-state index in [1.807, 2.05) is 0 Å². The molecule has 0 radical (unpaired) electrons. The van der Waals surface area contributed by atoms with Crippen LogP contribution in [0.1, 0.15) is 214 Å². The summed E-state index contributed by atoms with van der Waals surface area (Å²) in [4.78, 5) is 179. The Bertz CT molecular complexity index is 2430. The number of nitrogens with zero attached hydrogens (tertiary/aromatic N) is 2. The molecule has 524 valence electrons. The fourth-order valence-electron chi connectivity index (χ4n) is 9.92. The number of nitrogens with one attached hydrogen (secondary N) is 5. The summed E-state index contributed by atoms with van der Waals surface area (Å²) >= 11 is 0. The molecule has 6 amide bonds. The summed E-state index contributed by atoms with van der Waals surface area (Å²) in [6, 6.07) is -7.24. The minimum atomic E-state index is -1.79. The van der Waals surface area contributed by atoms with Crippen molar-refractivity contribution >= 4 is 88.2 Å². The van der Waals surface area contributed by atoms with Crippen LogP contribution >= 0.6 is 0 Å². The number of amides is 6. The van der Waals surface area contributed by atoms with Crippen molar-refractivity contribution in [2.75, 3.05) is 19.7 Å². The van der Waals surface area contributed by atoms with Crippen LogP contribution in [-0.2, 0) is 62.3 Å². The van der Waals surface area contributed by atoms with Gasteiger partial charge in [0.2, 0.25) is 35.4 Å². The number of carbonyl (C=O) groups excluding carboxylic acids is 11. The first-order chi connectivity index (χ1) is 43.3. The monoisotopic (exact) mass is 1310 g/mol. The van der Waals surface area contributed by atoms with Crippen LogP contribution in [0.3, 0.4) is 0 Å². The number of aliphatic hydroxyl groups excluding tert-OH is 3. The Morgan fingerprint density at radius 1 is 0.402 bits per heavy atom. The number of hydrogen-bond acceptors (Lipinski definition) is 18. The molecule has 0 aromatic heterocycles. The van der Waals surface area contributed by atoms with Crippen molar-refractivity contribution in [2.45, 2.75) is 257 Å². The first-order valence-corrected chi connectivity index (χ1v) is 32.3. The van der Waals surface area contributed by atoms with Gasteiger partial charge in [0.1, 0.15) is 6.04 Å². The number of rotatable bonds is 56. The van der Waals surface area contributed by atoms with Crippen LogP contribution in [0.4, 0.5) is 0 Å². The molecule has 0 saturated heterocycles. The molecule has 0 bridgehead atoms. The van der Waals surface area contributed by atoms with Gasteiger partial charge in [-0.3, -0.25) is 72.3 Å². The van der Waals surface area contributed by atoms with E-state index in [0.717, 1.165) is 39.0 Å². The lowest BCUT2D eigenvalue weighted by Gasteiger charge is -2.26. The second-order valence-corrected chi connectivity index (χ2v) is 24.0. The predicted octanol–water partition coefficient (Wildman–Crippen LogP) is 0.658. The van der Waals surface area contributed by atoms with Crippen LogP contribution in [-0.4, -0.2) is 176 Å². The van der Waals surface area contributed by atoms with E-state index in [0.29, 0.717) is 6.42 Å². The molecular weight excluding hydrogens is 1200 g/mol. The molecule has 20 N–H and O–H groups in total. The Morgan fingerprint density at radius 2 is 0.848 bits per heavy atom. The lowest BCUT2D eigenvalue weighted by atomic mass is 9.89. The number of nitrogens with two attached hydrogens (primary N) is 5. The number of Topliss-reactive ketones (excluding diaryl/α,β-unsaturated/α-hetero) is 5. The molecule has 0 fully saturated rings. The van der Waals surface area contributed by atoms with Gasteiger partial charge in [-0.25, -0.2) is 0 Å². The fourth-order valence-corrected chi connectivity index (χ4v) is 9.92. The molecule has 30 nitrogen and oxygen atoms in total. The number of aliphatic imine (C=N–C) groups is 2. The molecule has 30 heteroatoms. The molecule has 0 rings (SSSR count). The molecule has 0 spiro atoms. The van der Waals surface area contributed by atoms with Gasteiger partial charge in [0.15, 0.2) is 40.8 Å². The molecule has 11 atom stereocenters. The Kier molecular flexibility index (Phi) is 44.4. The third-order valence-electron chi connectivity index (χ3n) is 15.7. The van der Waals surface area contributed by atoms with Gasteiger partial charge in [-0.1, -0.05) is 90.9 Å². The van der Waals surface area contributed by atoms with Gasteiger partial charge in [-0.05, 0) is 65.2 Å². The zero-order chi connectivity index (χ0) is 69.9. The molecule has 0 aromatic rings. The Hall–Kier alpha value is -7.47. The molecule has 0 unspecified atom stereocenters. The van der Waals surface area contributed by atoms with Crippen molar-refractivity contribution in [3.63, 3.8) is 0 Å². The topological polar surface area (TPSA) is 538 Å². The number of ketones is 5. The molecule has 0 heterocycles. The van der Waals surface area contributed by atoms with Gasteiger partial charge < -0.3 is 80.8 Å². The largest absolute Gasteiger partial charge is 0.481 e. The number of primary amides is 1. The Balaban J connectivity index is 6.13. The number of unbranched alkanes of at least 4 members (excludes halogenated alkanes) is 12. The summed E-state index contributed by atoms with van der Waals surface area (Å²) in [6.07, 6.45) is 5.94. The van der Waals surface area contributed by atoms with Crippen LogP contribution in [0.2, 0.25) is 0 Å². The fraction of sp³-hybridized carbons (Fsp3) is 0.758. The van der Waals surface area contributed by atoms with Gasteiger partial charge >= 0.3 is 11.9 Å². The molecule has 0 aliphatic heterocycles. The van der Waals surface area contributed by atoms with E-state index >= 15 is 0 Å². The smallest absolute Gasteiger partial charge is 0.305 e. The zero-order valence-electron chi connectivity index (χ0n) is 54.6. The molecule has 0 aromatic carbocycles. The third-order valence-corrected chi connectivity index (χ3v) is 15.7. The van der Waals surface area contributed by atoms with E-state index in [9.17, 15) is 87.9 Å². The molecule has 0 aliphatic rings. The number of carboxylic acids is 2. The number of guanidine groups is 2. The van der Waals surface area contributed by atoms with Crippen LogP contribution in [0, 0.1) is 23.7 Å². The maximum atomic E-state index is 14.0. The second kappa shape index (κ2) is 48.3. The summed E-state index contributed by atoms with van der Waals surface area (Å²) in [5.41, 5.74) is 27.2. The first-order valence-electron chi connectivity index (χ1n) is 32.3. The van der Waals surface area contributed by atoms with Gasteiger partial charge in [-0.15, -0.1) is 0 Å². The van der Waals surface area contributed by atoms with Crippen LogP contribution in [0.15, 0.2) is 9.98 Å². The number of carboxylic acid groups (broad SMARTS) is 2. The lowest BCUT2D eigenvalue weighted by Crippen LogP contribution is -2.51. The maximum Gasteiger partial charge on any atom is 0.305 e. The summed E-state index contributed by atoms with van der Waals surface area (Å²) in [6.45, 7) is 6.68. The third kappa shape index (κ3) is 39.7. The average Bonchev–Trinajstić information content (AvgIpc) is 1.00. The van der Waals surface area contributed by atoms with Crippen molar-refractivity contribution in [2.24, 2.45) is 62.3 Å². The van der Waals surface area contributed by atoms with Gasteiger partial charge in [0.25, 0.3) is 0 Å². The minimum Gasteiger partial charge on any atom is -0.481 e. The van der Waals surface area contributed by atoms with Crippen LogP contribution in [0.5, 0.6) is 0 Å². The van der Waals surface area contributed by atoms with Gasteiger partial charge in [0.05, 0.1) is 61.2 Å². The highest BCUT2D eigenvalue weighted by atomic mass is 16.4. The van der Waals surface area contributed by atoms with Crippen molar-refractivity contribution < 1.29 is 87.9 Å². The average molecular weight is 1310 g/mol. The van der Waals surface area contributed by atoms with Crippen LogP contribution < -0.4 is 55.3 Å². The highest BCUT2D eigenvalue weighted by Crippen LogP contribution is 2.21. The van der Waals surface area contributed by atoms with E-state index in [1.165, 1.54) is 65.7 Å². The van der Waals surface area contributed by atoms with Gasteiger partial charge in [0, 0.05) is 76.8 Å². The number of aliphatic carboxylic acids is 2. The van der Waals surface area contributed by atoms with E-state index in [2.05, 4.69) is 43.5 Å². The molecular formula is C62H108N12O18. The van der Waals surface area contributed by atoms with E-state index in [4.69, 9.17) is 28.7 Å². The van der Waals surface area contributed by atoms with E-state index in [1.54, 1.807) is 0 Å². The standard InChI is InChI=1S/C62H108N12O18/c1-6-7-8-9-10-11-12-13-14-15-16-17-18-23-53(84)71-44(21-19-28-68-61(64)65)49(80)31-41(24-27-55(86)87)58(90)74-57(40(5)77)51(82)32-42(34-52(63)83)59(91)70-38(3)47(78)25-26-54(85)72-45(22-20-29-69-62(66)67)50(81)33-43(36-75)60(92)73-46(35-56(88)89)48(79)30-37(2)39(4)76/h37-46,57,75-77H,6-36H2,1-5H3,(H2,63,83)(H,70,91)(H,71,84)(H,72,85)(H,73,92)(H,74,90)(H,86,87)(H,88,89)(H4,64,65,68)(H4,66,67,69)/t37-,38-,39+,40+,41+,42-,43-,44-,45-,46-,57-/m0/s1. The lowest BCUT2D eigenvalue weighted by molar-refractivity contribution is -0.141. The van der Waals surface area contributed by atoms with Crippen molar-refractivity contribution in [1.82, 2.24) is 26.6 Å². The number of aliphatic hydroxyl groups is 3. The summed E-state index contributed by atoms with van der Waals surface area (Å²) in [5, 5.41) is 62.0. The van der Waals surface area contributed by atoms with Crippen LogP contribution in [0.25, 0.3) is 0 Å². The predicted molar refractivity (Wildman–Crippen MR) is 341 cm³/mol. The Morgan fingerprint density at radius 3 is 1.29 bits per heavy atom. The van der Waals surface area contributed by atoms with E-state index < -0.39 is 207 Å². The number of hydrogen-bond donors (Lipinski definition) is 15. The summed E-state index contributed by atoms with van der Waals surface area (Å²) in [7, 11) is 0. The maximum absolute atomic E-state index is 14.0. The summed E-state index contributed by atoms with van der Waals surface area (Å²) < 4.78 is 0.